The number of fused-ring (bicyclic) bond motifs is 1. The molecule has 1 aromatic rings. The molecule has 1 heterocycles. The highest BCUT2D eigenvalue weighted by atomic mass is 32.2. The molecule has 0 radical (unpaired) electrons. The number of thioether (sulfide) groups is 1. The molecule has 0 saturated heterocycles. The molecule has 2 rings (SSSR count). The van der Waals surface area contributed by atoms with Crippen molar-refractivity contribution in [2.24, 2.45) is 0 Å². The zero-order valence-corrected chi connectivity index (χ0v) is 8.95. The monoisotopic (exact) mass is 193 g/mol. The molecule has 0 fully saturated rings. The summed E-state index contributed by atoms with van der Waals surface area (Å²) in [5, 5.41) is 3.18. The van der Waals surface area contributed by atoms with Crippen molar-refractivity contribution >= 4 is 11.8 Å². The highest BCUT2D eigenvalue weighted by molar-refractivity contribution is 7.99. The van der Waals surface area contributed by atoms with Crippen molar-refractivity contribution in [1.82, 2.24) is 5.32 Å². The Hall–Kier alpha value is -0.470. The molecule has 1 unspecified atom stereocenters. The summed E-state index contributed by atoms with van der Waals surface area (Å²) in [6.07, 6.45) is 0. The normalized spacial score (nSPS) is 20.3. The summed E-state index contributed by atoms with van der Waals surface area (Å²) in [6.45, 7) is 3.28. The quantitative estimate of drug-likeness (QED) is 0.775. The van der Waals surface area contributed by atoms with Gasteiger partial charge < -0.3 is 5.32 Å². The fraction of sp³-hybridized carbons (Fsp3) is 0.455. The van der Waals surface area contributed by atoms with Crippen molar-refractivity contribution in [1.29, 1.82) is 0 Å². The predicted octanol–water partition coefficient (Wildman–Crippen LogP) is 2.62. The molecule has 0 bridgehead atoms. The predicted molar refractivity (Wildman–Crippen MR) is 58.3 cm³/mol. The van der Waals surface area contributed by atoms with Crippen LogP contribution in [0.2, 0.25) is 0 Å². The molecule has 1 aliphatic rings. The fourth-order valence-electron chi connectivity index (χ4n) is 1.73. The molecule has 70 valence electrons. The van der Waals surface area contributed by atoms with Crippen LogP contribution in [-0.4, -0.2) is 12.8 Å². The Balaban J connectivity index is 2.29. The molecule has 0 aromatic heterocycles. The maximum atomic E-state index is 3.18. The van der Waals surface area contributed by atoms with Gasteiger partial charge in [-0.1, -0.05) is 19.1 Å². The molecule has 13 heavy (non-hydrogen) atoms. The van der Waals surface area contributed by atoms with E-state index >= 15 is 0 Å². The topological polar surface area (TPSA) is 12.0 Å². The third-order valence-electron chi connectivity index (χ3n) is 2.48. The van der Waals surface area contributed by atoms with Gasteiger partial charge in [-0.25, -0.2) is 0 Å². The first kappa shape index (κ1) is 9.10. The number of nitrogens with one attached hydrogen (secondary N) is 1. The molecule has 1 N–H and O–H groups in total. The molecule has 1 aliphatic heterocycles. The van der Waals surface area contributed by atoms with Crippen LogP contribution in [0.15, 0.2) is 23.1 Å². The highest BCUT2D eigenvalue weighted by Gasteiger charge is 2.18. The van der Waals surface area contributed by atoms with E-state index in [2.05, 4.69) is 30.4 Å². The highest BCUT2D eigenvalue weighted by Crippen LogP contribution is 2.39. The minimum absolute atomic E-state index is 0.739. The molecule has 0 saturated carbocycles. The van der Waals surface area contributed by atoms with E-state index in [1.54, 1.807) is 0 Å². The lowest BCUT2D eigenvalue weighted by Crippen LogP contribution is -2.05. The summed E-state index contributed by atoms with van der Waals surface area (Å²) in [4.78, 5) is 1.49. The summed E-state index contributed by atoms with van der Waals surface area (Å²) >= 11 is 1.99. The third kappa shape index (κ3) is 1.74. The lowest BCUT2D eigenvalue weighted by Gasteiger charge is -2.05. The van der Waals surface area contributed by atoms with E-state index in [1.807, 2.05) is 18.8 Å². The van der Waals surface area contributed by atoms with Crippen LogP contribution in [-0.2, 0) is 6.54 Å². The molecule has 1 nitrogen and oxygen atoms in total. The van der Waals surface area contributed by atoms with E-state index in [1.165, 1.54) is 21.8 Å². The van der Waals surface area contributed by atoms with Gasteiger partial charge in [-0.2, -0.15) is 0 Å². The number of hydrogen-bond acceptors (Lipinski definition) is 2. The van der Waals surface area contributed by atoms with Crippen molar-refractivity contribution in [2.75, 3.05) is 12.8 Å². The Labute approximate surface area is 83.9 Å². The molecular weight excluding hydrogens is 178 g/mol. The van der Waals surface area contributed by atoms with Crippen molar-refractivity contribution in [3.05, 3.63) is 29.3 Å². The molecule has 0 amide bonds. The van der Waals surface area contributed by atoms with Gasteiger partial charge in [0.2, 0.25) is 0 Å². The van der Waals surface area contributed by atoms with Crippen LogP contribution >= 0.6 is 11.8 Å². The van der Waals surface area contributed by atoms with Crippen LogP contribution in [0.3, 0.4) is 0 Å². The zero-order valence-electron chi connectivity index (χ0n) is 8.13. The maximum Gasteiger partial charge on any atom is 0.0202 e. The Morgan fingerprint density at radius 3 is 3.15 bits per heavy atom. The van der Waals surface area contributed by atoms with E-state index in [-0.39, 0.29) is 0 Å². The first-order valence-electron chi connectivity index (χ1n) is 4.71. The zero-order chi connectivity index (χ0) is 9.26. The second-order valence-electron chi connectivity index (χ2n) is 3.61. The Morgan fingerprint density at radius 2 is 2.38 bits per heavy atom. The van der Waals surface area contributed by atoms with Gasteiger partial charge in [0.1, 0.15) is 0 Å². The Kier molecular flexibility index (Phi) is 2.61. The molecule has 1 aromatic carbocycles. The van der Waals surface area contributed by atoms with Crippen LogP contribution < -0.4 is 5.32 Å². The molecule has 1 atom stereocenters. The van der Waals surface area contributed by atoms with E-state index in [0.29, 0.717) is 0 Å². The summed E-state index contributed by atoms with van der Waals surface area (Å²) in [5.74, 6) is 1.99. The minimum Gasteiger partial charge on any atom is -0.316 e. The maximum absolute atomic E-state index is 3.18. The van der Waals surface area contributed by atoms with Gasteiger partial charge in [0.25, 0.3) is 0 Å². The Bertz CT molecular complexity index is 309. The third-order valence-corrected chi connectivity index (χ3v) is 3.81. The van der Waals surface area contributed by atoms with Gasteiger partial charge in [0.15, 0.2) is 0 Å². The van der Waals surface area contributed by atoms with Crippen LogP contribution in [0.5, 0.6) is 0 Å². The van der Waals surface area contributed by atoms with Gasteiger partial charge in [0, 0.05) is 17.2 Å². The lowest BCUT2D eigenvalue weighted by atomic mass is 10.0. The fourth-order valence-corrected chi connectivity index (χ4v) is 3.01. The summed E-state index contributed by atoms with van der Waals surface area (Å²) in [5.41, 5.74) is 2.92. The van der Waals surface area contributed by atoms with Crippen molar-refractivity contribution in [3.63, 3.8) is 0 Å². The number of benzene rings is 1. The molecule has 2 heteroatoms. The van der Waals surface area contributed by atoms with Crippen molar-refractivity contribution < 1.29 is 0 Å². The van der Waals surface area contributed by atoms with Gasteiger partial charge in [0.05, 0.1) is 0 Å². The van der Waals surface area contributed by atoms with Crippen molar-refractivity contribution in [3.8, 4) is 0 Å². The molecule has 0 spiro atoms. The van der Waals surface area contributed by atoms with E-state index < -0.39 is 0 Å². The van der Waals surface area contributed by atoms with E-state index in [9.17, 15) is 0 Å². The van der Waals surface area contributed by atoms with Gasteiger partial charge in [-0.05, 0) is 30.2 Å². The summed E-state index contributed by atoms with van der Waals surface area (Å²) in [7, 11) is 1.99. The molecule has 0 aliphatic carbocycles. The number of rotatable bonds is 2. The summed E-state index contributed by atoms with van der Waals surface area (Å²) < 4.78 is 0. The first-order chi connectivity index (χ1) is 6.31. The van der Waals surface area contributed by atoms with Gasteiger partial charge in [-0.15, -0.1) is 11.8 Å². The minimum atomic E-state index is 0.739. The smallest absolute Gasteiger partial charge is 0.0202 e. The van der Waals surface area contributed by atoms with Crippen LogP contribution in [0, 0.1) is 0 Å². The van der Waals surface area contributed by atoms with E-state index in [4.69, 9.17) is 0 Å². The average molecular weight is 193 g/mol. The summed E-state index contributed by atoms with van der Waals surface area (Å²) in [6, 6.07) is 6.84. The average Bonchev–Trinajstić information content (AvgIpc) is 2.48. The van der Waals surface area contributed by atoms with Gasteiger partial charge >= 0.3 is 0 Å². The Morgan fingerprint density at radius 1 is 1.54 bits per heavy atom. The molecular formula is C11H15NS. The standard InChI is InChI=1S/C11H15NS/c1-8-7-13-11-5-9(6-12-2)3-4-10(8)11/h3-5,8,12H,6-7H2,1-2H3. The second-order valence-corrected chi connectivity index (χ2v) is 4.68. The van der Waals surface area contributed by atoms with Gasteiger partial charge in [-0.3, -0.25) is 0 Å². The van der Waals surface area contributed by atoms with Crippen LogP contribution in [0.4, 0.5) is 0 Å². The second kappa shape index (κ2) is 3.72. The SMILES string of the molecule is CNCc1ccc2c(c1)SCC2C. The van der Waals surface area contributed by atoms with E-state index in [0.717, 1.165) is 12.5 Å². The first-order valence-corrected chi connectivity index (χ1v) is 5.70. The van der Waals surface area contributed by atoms with Crippen LogP contribution in [0.1, 0.15) is 24.0 Å². The lowest BCUT2D eigenvalue weighted by molar-refractivity contribution is 0.810. The number of hydrogen-bond donors (Lipinski definition) is 1. The largest absolute Gasteiger partial charge is 0.316 e. The van der Waals surface area contributed by atoms with Crippen molar-refractivity contribution in [2.45, 2.75) is 24.3 Å². The van der Waals surface area contributed by atoms with Crippen LogP contribution in [0.25, 0.3) is 0 Å².